The van der Waals surface area contributed by atoms with Gasteiger partial charge in [0.25, 0.3) is 0 Å². The van der Waals surface area contributed by atoms with E-state index >= 15 is 0 Å². The van der Waals surface area contributed by atoms with Gasteiger partial charge in [-0.1, -0.05) is 30.3 Å². The lowest BCUT2D eigenvalue weighted by atomic mass is 9.88. The largest absolute Gasteiger partial charge is 0.373 e. The highest BCUT2D eigenvalue weighted by Crippen LogP contribution is 2.33. The van der Waals surface area contributed by atoms with Gasteiger partial charge >= 0.3 is 0 Å². The number of rotatable bonds is 4. The van der Waals surface area contributed by atoms with Crippen LogP contribution in [0.1, 0.15) is 37.4 Å². The van der Waals surface area contributed by atoms with Gasteiger partial charge in [0.15, 0.2) is 0 Å². The highest BCUT2D eigenvalue weighted by Gasteiger charge is 2.33. The zero-order chi connectivity index (χ0) is 14.5. The minimum Gasteiger partial charge on any atom is -0.373 e. The van der Waals surface area contributed by atoms with Crippen LogP contribution < -0.4 is 10.6 Å². The number of amides is 1. The summed E-state index contributed by atoms with van der Waals surface area (Å²) in [6.45, 7) is 2.55. The molecule has 0 saturated carbocycles. The number of nitrogens with one attached hydrogen (secondary N) is 2. The van der Waals surface area contributed by atoms with Crippen LogP contribution in [-0.2, 0) is 9.53 Å². The van der Waals surface area contributed by atoms with Crippen LogP contribution in [0.3, 0.4) is 0 Å². The third-order valence-electron chi connectivity index (χ3n) is 4.47. The van der Waals surface area contributed by atoms with E-state index in [1.54, 1.807) is 0 Å². The van der Waals surface area contributed by atoms with Gasteiger partial charge in [0, 0.05) is 19.2 Å². The van der Waals surface area contributed by atoms with E-state index in [0.717, 1.165) is 44.5 Å². The van der Waals surface area contributed by atoms with E-state index in [4.69, 9.17) is 4.74 Å². The van der Waals surface area contributed by atoms with Crippen LogP contribution in [0.4, 0.5) is 0 Å². The minimum atomic E-state index is -0.100. The van der Waals surface area contributed by atoms with Gasteiger partial charge in [0.05, 0.1) is 12.0 Å². The average Bonchev–Trinajstić information content (AvgIpc) is 3.07. The topological polar surface area (TPSA) is 50.4 Å². The summed E-state index contributed by atoms with van der Waals surface area (Å²) < 4.78 is 5.89. The van der Waals surface area contributed by atoms with Crippen LogP contribution >= 0.6 is 0 Å². The maximum Gasteiger partial charge on any atom is 0.226 e. The Hall–Kier alpha value is -1.39. The maximum absolute atomic E-state index is 12.5. The fourth-order valence-electron chi connectivity index (χ4n) is 3.31. The van der Waals surface area contributed by atoms with Crippen molar-refractivity contribution in [3.63, 3.8) is 0 Å². The molecule has 2 aliphatic heterocycles. The smallest absolute Gasteiger partial charge is 0.226 e. The van der Waals surface area contributed by atoms with Gasteiger partial charge in [-0.25, -0.2) is 0 Å². The molecule has 2 N–H and O–H groups in total. The van der Waals surface area contributed by atoms with Crippen LogP contribution in [0.25, 0.3) is 0 Å². The zero-order valence-corrected chi connectivity index (χ0v) is 12.4. The maximum atomic E-state index is 12.5. The standard InChI is InChI=1S/C17H24N2O2/c20-17(19-12-14-8-4-10-18-14)15-9-5-11-21-16(15)13-6-2-1-3-7-13/h1-3,6-7,14-16,18H,4-5,8-12H2,(H,19,20). The predicted molar refractivity (Wildman–Crippen MR) is 81.9 cm³/mol. The summed E-state index contributed by atoms with van der Waals surface area (Å²) in [5.41, 5.74) is 1.11. The predicted octanol–water partition coefficient (Wildman–Crippen LogP) is 2.02. The SMILES string of the molecule is O=C(NCC1CCCN1)C1CCCOC1c1ccccc1. The molecule has 114 valence electrons. The fourth-order valence-corrected chi connectivity index (χ4v) is 3.31. The number of benzene rings is 1. The van der Waals surface area contributed by atoms with E-state index < -0.39 is 0 Å². The van der Waals surface area contributed by atoms with Gasteiger partial charge in [-0.2, -0.15) is 0 Å². The normalized spacial score (nSPS) is 29.2. The van der Waals surface area contributed by atoms with Crippen molar-refractivity contribution in [3.05, 3.63) is 35.9 Å². The molecular weight excluding hydrogens is 264 g/mol. The number of hydrogen-bond donors (Lipinski definition) is 2. The summed E-state index contributed by atoms with van der Waals surface area (Å²) in [5.74, 6) is 0.0693. The molecule has 1 aromatic carbocycles. The Kier molecular flexibility index (Phi) is 4.88. The fraction of sp³-hybridized carbons (Fsp3) is 0.588. The summed E-state index contributed by atoms with van der Waals surface area (Å²) in [6, 6.07) is 10.5. The lowest BCUT2D eigenvalue weighted by Gasteiger charge is -2.31. The molecule has 2 fully saturated rings. The Morgan fingerprint density at radius 1 is 1.24 bits per heavy atom. The number of carbonyl (C=O) groups is 1. The van der Waals surface area contributed by atoms with Gasteiger partial charge in [-0.15, -0.1) is 0 Å². The van der Waals surface area contributed by atoms with Gasteiger partial charge in [0.1, 0.15) is 0 Å². The molecule has 0 bridgehead atoms. The summed E-state index contributed by atoms with van der Waals surface area (Å²) in [5, 5.41) is 6.52. The molecule has 3 rings (SSSR count). The molecule has 2 aliphatic rings. The van der Waals surface area contributed by atoms with E-state index in [9.17, 15) is 4.79 Å². The highest BCUT2D eigenvalue weighted by molar-refractivity contribution is 5.79. The lowest BCUT2D eigenvalue weighted by Crippen LogP contribution is -2.42. The van der Waals surface area contributed by atoms with E-state index in [1.807, 2.05) is 18.2 Å². The van der Waals surface area contributed by atoms with Crippen molar-refractivity contribution in [1.29, 1.82) is 0 Å². The molecule has 2 heterocycles. The van der Waals surface area contributed by atoms with Crippen molar-refractivity contribution >= 4 is 5.91 Å². The second-order valence-corrected chi connectivity index (χ2v) is 5.99. The van der Waals surface area contributed by atoms with Gasteiger partial charge < -0.3 is 15.4 Å². The zero-order valence-electron chi connectivity index (χ0n) is 12.4. The molecule has 1 amide bonds. The summed E-state index contributed by atoms with van der Waals surface area (Å²) >= 11 is 0. The third-order valence-corrected chi connectivity index (χ3v) is 4.47. The number of carbonyl (C=O) groups excluding carboxylic acids is 1. The molecular formula is C17H24N2O2. The van der Waals surface area contributed by atoms with E-state index in [0.29, 0.717) is 6.04 Å². The second-order valence-electron chi connectivity index (χ2n) is 5.99. The van der Waals surface area contributed by atoms with Crippen LogP contribution in [0.15, 0.2) is 30.3 Å². The van der Waals surface area contributed by atoms with E-state index in [-0.39, 0.29) is 17.9 Å². The van der Waals surface area contributed by atoms with Crippen molar-refractivity contribution in [1.82, 2.24) is 10.6 Å². The minimum absolute atomic E-state index is 0.0671. The average molecular weight is 288 g/mol. The molecule has 3 unspecified atom stereocenters. The molecule has 21 heavy (non-hydrogen) atoms. The molecule has 1 aromatic rings. The quantitative estimate of drug-likeness (QED) is 0.891. The number of hydrogen-bond acceptors (Lipinski definition) is 3. The summed E-state index contributed by atoms with van der Waals surface area (Å²) in [4.78, 5) is 12.5. The molecule has 4 nitrogen and oxygen atoms in total. The van der Waals surface area contributed by atoms with Crippen LogP contribution in [0.2, 0.25) is 0 Å². The van der Waals surface area contributed by atoms with E-state index in [2.05, 4.69) is 22.8 Å². The summed E-state index contributed by atoms with van der Waals surface area (Å²) in [7, 11) is 0. The Morgan fingerprint density at radius 2 is 2.10 bits per heavy atom. The van der Waals surface area contributed by atoms with Crippen LogP contribution in [0, 0.1) is 5.92 Å². The molecule has 0 aliphatic carbocycles. The molecule has 2 saturated heterocycles. The number of ether oxygens (including phenoxy) is 1. The van der Waals surface area contributed by atoms with Gasteiger partial charge in [0.2, 0.25) is 5.91 Å². The molecule has 3 atom stereocenters. The van der Waals surface area contributed by atoms with Crippen LogP contribution in [-0.4, -0.2) is 31.6 Å². The Bertz CT molecular complexity index is 457. The molecule has 4 heteroatoms. The first-order valence-electron chi connectivity index (χ1n) is 8.02. The molecule has 0 aromatic heterocycles. The summed E-state index contributed by atoms with van der Waals surface area (Å²) in [6.07, 6.45) is 4.13. The first kappa shape index (κ1) is 14.5. The lowest BCUT2D eigenvalue weighted by molar-refractivity contribution is -0.134. The van der Waals surface area contributed by atoms with Crippen LogP contribution in [0.5, 0.6) is 0 Å². The van der Waals surface area contributed by atoms with Crippen molar-refractivity contribution in [2.45, 2.75) is 37.8 Å². The Balaban J connectivity index is 1.61. The monoisotopic (exact) mass is 288 g/mol. The van der Waals surface area contributed by atoms with Crippen molar-refractivity contribution in [2.75, 3.05) is 19.7 Å². The first-order chi connectivity index (χ1) is 10.3. The van der Waals surface area contributed by atoms with Crippen molar-refractivity contribution < 1.29 is 9.53 Å². The second kappa shape index (κ2) is 7.05. The Labute approximate surface area is 126 Å². The third kappa shape index (κ3) is 3.63. The van der Waals surface area contributed by atoms with Gasteiger partial charge in [-0.05, 0) is 37.8 Å². The van der Waals surface area contributed by atoms with Crippen molar-refractivity contribution in [2.24, 2.45) is 5.92 Å². The van der Waals surface area contributed by atoms with Crippen molar-refractivity contribution in [3.8, 4) is 0 Å². The molecule has 0 radical (unpaired) electrons. The highest BCUT2D eigenvalue weighted by atomic mass is 16.5. The molecule has 0 spiro atoms. The van der Waals surface area contributed by atoms with Gasteiger partial charge in [-0.3, -0.25) is 4.79 Å². The van der Waals surface area contributed by atoms with E-state index in [1.165, 1.54) is 6.42 Å². The Morgan fingerprint density at radius 3 is 2.86 bits per heavy atom. The first-order valence-corrected chi connectivity index (χ1v) is 8.02.